The average Bonchev–Trinajstić information content (AvgIpc) is 2.92. The van der Waals surface area contributed by atoms with E-state index in [0.717, 1.165) is 0 Å². The van der Waals surface area contributed by atoms with Gasteiger partial charge in [0.1, 0.15) is 12.2 Å². The topological polar surface area (TPSA) is 120 Å². The van der Waals surface area contributed by atoms with E-state index in [4.69, 9.17) is 5.11 Å². The van der Waals surface area contributed by atoms with Crippen molar-refractivity contribution < 1.29 is 14.7 Å². The molecule has 0 fully saturated rings. The van der Waals surface area contributed by atoms with Gasteiger partial charge in [-0.1, -0.05) is 0 Å². The van der Waals surface area contributed by atoms with Gasteiger partial charge in [-0.25, -0.2) is 14.6 Å². The molecule has 2 rings (SSSR count). The molecule has 0 aliphatic carbocycles. The molecule has 0 unspecified atom stereocenters. The number of anilines is 1. The number of hydrogen-bond acceptors (Lipinski definition) is 4. The molecule has 0 aliphatic rings. The van der Waals surface area contributed by atoms with E-state index in [1.165, 1.54) is 18.5 Å². The molecule has 1 heterocycles. The molecule has 0 atom stereocenters. The first kappa shape index (κ1) is 14.0. The van der Waals surface area contributed by atoms with Gasteiger partial charge < -0.3 is 15.7 Å². The van der Waals surface area contributed by atoms with E-state index in [9.17, 15) is 9.59 Å². The van der Waals surface area contributed by atoms with Crippen molar-refractivity contribution in [3.63, 3.8) is 0 Å². The number of amides is 2. The van der Waals surface area contributed by atoms with Crippen LogP contribution in [0.1, 0.15) is 16.2 Å². The van der Waals surface area contributed by atoms with E-state index in [1.807, 2.05) is 0 Å². The number of hydrogen-bond donors (Lipinski definition) is 4. The fourth-order valence-corrected chi connectivity index (χ4v) is 1.75. The maximum absolute atomic E-state index is 11.7. The number of nitrogens with one attached hydrogen (secondary N) is 3. The normalized spacial score (nSPS) is 10.1. The lowest BCUT2D eigenvalue weighted by Gasteiger charge is -2.09. The van der Waals surface area contributed by atoms with Crippen LogP contribution in [0, 0.1) is 0 Å². The summed E-state index contributed by atoms with van der Waals surface area (Å²) in [6.07, 6.45) is 1.34. The number of H-pyrrole nitrogens is 1. The number of aromatic nitrogens is 3. The molecule has 0 radical (unpaired) electrons. The highest BCUT2D eigenvalue weighted by Crippen LogP contribution is 2.23. The van der Waals surface area contributed by atoms with Crippen LogP contribution in [0.5, 0.6) is 0 Å². The van der Waals surface area contributed by atoms with Crippen LogP contribution in [0.4, 0.5) is 10.5 Å². The average molecular weight is 340 g/mol. The molecule has 2 aromatic rings. The predicted octanol–water partition coefficient (Wildman–Crippen LogP) is 1.59. The summed E-state index contributed by atoms with van der Waals surface area (Å²) in [6.45, 7) is 0.183. The quantitative estimate of drug-likeness (QED) is 0.674. The molecule has 8 nitrogen and oxygen atoms in total. The minimum absolute atomic E-state index is 0.0822. The van der Waals surface area contributed by atoms with E-state index in [0.29, 0.717) is 16.0 Å². The first-order chi connectivity index (χ1) is 9.56. The molecule has 9 heteroatoms. The number of aromatic amines is 1. The SMILES string of the molecule is O=C(NCc1ncn[nH]1)Nc1cc(C(=O)O)ccc1Br. The fraction of sp³-hybridized carbons (Fsp3) is 0.0909. The Morgan fingerprint density at radius 1 is 1.40 bits per heavy atom. The molecule has 2 amide bonds. The van der Waals surface area contributed by atoms with Gasteiger partial charge in [0.05, 0.1) is 17.8 Å². The minimum Gasteiger partial charge on any atom is -0.478 e. The lowest BCUT2D eigenvalue weighted by Crippen LogP contribution is -2.28. The number of carboxylic acid groups (broad SMARTS) is 1. The molecule has 0 saturated carbocycles. The number of carboxylic acids is 1. The summed E-state index contributed by atoms with van der Waals surface area (Å²) in [5.41, 5.74) is 0.443. The number of benzene rings is 1. The van der Waals surface area contributed by atoms with E-state index >= 15 is 0 Å². The zero-order chi connectivity index (χ0) is 14.5. The summed E-state index contributed by atoms with van der Waals surface area (Å²) >= 11 is 3.23. The van der Waals surface area contributed by atoms with Crippen molar-refractivity contribution in [2.45, 2.75) is 6.54 Å². The Labute approximate surface area is 121 Å². The van der Waals surface area contributed by atoms with Crippen LogP contribution in [0.15, 0.2) is 29.0 Å². The van der Waals surface area contributed by atoms with Crippen molar-refractivity contribution in [2.75, 3.05) is 5.32 Å². The number of rotatable bonds is 4. The van der Waals surface area contributed by atoms with Gasteiger partial charge in [0.2, 0.25) is 0 Å². The highest BCUT2D eigenvalue weighted by Gasteiger charge is 2.10. The molecule has 0 spiro atoms. The first-order valence-corrected chi connectivity index (χ1v) is 6.27. The van der Waals surface area contributed by atoms with Gasteiger partial charge in [-0.2, -0.15) is 5.10 Å². The zero-order valence-corrected chi connectivity index (χ0v) is 11.6. The summed E-state index contributed by atoms with van der Waals surface area (Å²) in [4.78, 5) is 26.4. The molecule has 4 N–H and O–H groups in total. The molecule has 1 aromatic heterocycles. The van der Waals surface area contributed by atoms with Gasteiger partial charge in [0.25, 0.3) is 0 Å². The Bertz CT molecular complexity index is 629. The Morgan fingerprint density at radius 2 is 2.20 bits per heavy atom. The van der Waals surface area contributed by atoms with Crippen molar-refractivity contribution in [3.05, 3.63) is 40.4 Å². The predicted molar refractivity (Wildman–Crippen MR) is 73.3 cm³/mol. The van der Waals surface area contributed by atoms with Crippen molar-refractivity contribution in [1.29, 1.82) is 0 Å². The van der Waals surface area contributed by atoms with Crippen molar-refractivity contribution >= 4 is 33.6 Å². The van der Waals surface area contributed by atoms with Gasteiger partial charge >= 0.3 is 12.0 Å². The molecular weight excluding hydrogens is 330 g/mol. The number of carbonyl (C=O) groups excluding carboxylic acids is 1. The van der Waals surface area contributed by atoms with Gasteiger partial charge in [-0.15, -0.1) is 0 Å². The fourth-order valence-electron chi connectivity index (χ4n) is 1.40. The highest BCUT2D eigenvalue weighted by atomic mass is 79.9. The molecule has 20 heavy (non-hydrogen) atoms. The van der Waals surface area contributed by atoms with Crippen molar-refractivity contribution in [1.82, 2.24) is 20.5 Å². The molecule has 104 valence electrons. The van der Waals surface area contributed by atoms with E-state index < -0.39 is 12.0 Å². The summed E-state index contributed by atoms with van der Waals surface area (Å²) < 4.78 is 0.581. The molecular formula is C11H10BrN5O3. The Kier molecular flexibility index (Phi) is 4.31. The maximum atomic E-state index is 11.7. The Morgan fingerprint density at radius 3 is 2.85 bits per heavy atom. The third-order valence-corrected chi connectivity index (χ3v) is 3.03. The Balaban J connectivity index is 2.00. The van der Waals surface area contributed by atoms with Crippen LogP contribution >= 0.6 is 15.9 Å². The zero-order valence-electron chi connectivity index (χ0n) is 10.1. The van der Waals surface area contributed by atoms with E-state index in [2.05, 4.69) is 41.7 Å². The lowest BCUT2D eigenvalue weighted by molar-refractivity contribution is 0.0697. The van der Waals surface area contributed by atoms with Crippen LogP contribution < -0.4 is 10.6 Å². The summed E-state index contributed by atoms with van der Waals surface area (Å²) in [6, 6.07) is 3.87. The second kappa shape index (κ2) is 6.15. The number of halogens is 1. The number of urea groups is 1. The molecule has 0 aliphatic heterocycles. The maximum Gasteiger partial charge on any atom is 0.335 e. The number of nitrogens with zero attached hydrogens (tertiary/aromatic N) is 2. The van der Waals surface area contributed by atoms with Gasteiger partial charge in [0.15, 0.2) is 0 Å². The monoisotopic (exact) mass is 339 g/mol. The number of aromatic carboxylic acids is 1. The third-order valence-electron chi connectivity index (χ3n) is 2.34. The van der Waals surface area contributed by atoms with E-state index in [1.54, 1.807) is 6.07 Å². The number of carbonyl (C=O) groups is 2. The minimum atomic E-state index is -1.07. The van der Waals surface area contributed by atoms with Crippen LogP contribution in [0.2, 0.25) is 0 Å². The standard InChI is InChI=1S/C11H10BrN5O3/c12-7-2-1-6(10(18)19)3-8(7)16-11(20)13-4-9-14-5-15-17-9/h1-3,5H,4H2,(H,18,19)(H2,13,16,20)(H,14,15,17). The van der Waals surface area contributed by atoms with Gasteiger partial charge in [-0.05, 0) is 34.1 Å². The summed E-state index contributed by atoms with van der Waals surface area (Å²) in [5, 5.41) is 20.3. The Hall–Kier alpha value is -2.42. The second-order valence-corrected chi connectivity index (χ2v) is 4.59. The van der Waals surface area contributed by atoms with Gasteiger partial charge in [0, 0.05) is 4.47 Å². The van der Waals surface area contributed by atoms with Crippen LogP contribution in [0.3, 0.4) is 0 Å². The van der Waals surface area contributed by atoms with Crippen LogP contribution in [-0.4, -0.2) is 32.3 Å². The first-order valence-electron chi connectivity index (χ1n) is 5.48. The summed E-state index contributed by atoms with van der Waals surface area (Å²) in [7, 11) is 0. The van der Waals surface area contributed by atoms with Crippen LogP contribution in [-0.2, 0) is 6.54 Å². The van der Waals surface area contributed by atoms with E-state index in [-0.39, 0.29) is 12.1 Å². The third kappa shape index (κ3) is 3.54. The molecule has 0 bridgehead atoms. The largest absolute Gasteiger partial charge is 0.478 e. The van der Waals surface area contributed by atoms with Crippen molar-refractivity contribution in [2.24, 2.45) is 0 Å². The van der Waals surface area contributed by atoms with Crippen molar-refractivity contribution in [3.8, 4) is 0 Å². The highest BCUT2D eigenvalue weighted by molar-refractivity contribution is 9.10. The van der Waals surface area contributed by atoms with Crippen LogP contribution in [0.25, 0.3) is 0 Å². The second-order valence-electron chi connectivity index (χ2n) is 3.74. The molecule has 0 saturated heterocycles. The smallest absolute Gasteiger partial charge is 0.335 e. The molecule has 1 aromatic carbocycles. The van der Waals surface area contributed by atoms with Gasteiger partial charge in [-0.3, -0.25) is 5.10 Å². The lowest BCUT2D eigenvalue weighted by atomic mass is 10.2. The summed E-state index contributed by atoms with van der Waals surface area (Å²) in [5.74, 6) is -0.555.